The molecule has 1 fully saturated rings. The number of anilines is 2. The number of rotatable bonds is 4. The number of piperidine rings is 1. The average Bonchev–Trinajstić information content (AvgIpc) is 2.65. The number of amides is 2. The molecule has 2 aromatic carbocycles. The molecule has 1 aliphatic heterocycles. The van der Waals surface area contributed by atoms with Crippen LogP contribution >= 0.6 is 0 Å². The van der Waals surface area contributed by atoms with Gasteiger partial charge in [-0.05, 0) is 56.1 Å². The lowest BCUT2D eigenvalue weighted by molar-refractivity contribution is -0.120. The van der Waals surface area contributed by atoms with Gasteiger partial charge < -0.3 is 16.0 Å². The minimum Gasteiger partial charge on any atom is -0.326 e. The molecule has 25 heavy (non-hydrogen) atoms. The summed E-state index contributed by atoms with van der Waals surface area (Å²) in [5.41, 5.74) is 2.77. The first kappa shape index (κ1) is 17.2. The summed E-state index contributed by atoms with van der Waals surface area (Å²) in [5, 5.41) is 9.11. The van der Waals surface area contributed by atoms with Crippen molar-refractivity contribution in [1.29, 1.82) is 0 Å². The average molecular weight is 337 g/mol. The zero-order valence-corrected chi connectivity index (χ0v) is 14.3. The Labute approximate surface area is 147 Å². The summed E-state index contributed by atoms with van der Waals surface area (Å²) >= 11 is 0. The maximum absolute atomic E-state index is 12.5. The fraction of sp³-hybridized carbons (Fsp3) is 0.300. The second-order valence-electron chi connectivity index (χ2n) is 6.33. The van der Waals surface area contributed by atoms with Gasteiger partial charge in [0, 0.05) is 23.5 Å². The Morgan fingerprint density at radius 2 is 1.84 bits per heavy atom. The van der Waals surface area contributed by atoms with Crippen molar-refractivity contribution in [2.45, 2.75) is 19.8 Å². The van der Waals surface area contributed by atoms with E-state index in [1.54, 1.807) is 12.1 Å². The van der Waals surface area contributed by atoms with Gasteiger partial charge in [0.2, 0.25) is 5.91 Å². The van der Waals surface area contributed by atoms with E-state index in [1.807, 2.05) is 43.3 Å². The summed E-state index contributed by atoms with van der Waals surface area (Å²) in [5.74, 6) is -0.190. The van der Waals surface area contributed by atoms with Gasteiger partial charge in [-0.3, -0.25) is 9.59 Å². The van der Waals surface area contributed by atoms with Gasteiger partial charge in [-0.1, -0.05) is 24.3 Å². The first-order valence-electron chi connectivity index (χ1n) is 8.63. The lowest BCUT2D eigenvalue weighted by Gasteiger charge is -2.22. The molecule has 5 nitrogen and oxygen atoms in total. The third-order valence-corrected chi connectivity index (χ3v) is 4.54. The molecule has 130 valence electrons. The highest BCUT2D eigenvalue weighted by Gasteiger charge is 2.22. The Hall–Kier alpha value is -2.66. The molecule has 0 saturated carbocycles. The number of nitrogens with one attached hydrogen (secondary N) is 3. The summed E-state index contributed by atoms with van der Waals surface area (Å²) in [6.45, 7) is 3.53. The molecule has 1 heterocycles. The van der Waals surface area contributed by atoms with Crippen molar-refractivity contribution >= 4 is 23.2 Å². The van der Waals surface area contributed by atoms with Crippen LogP contribution in [0, 0.1) is 12.8 Å². The van der Waals surface area contributed by atoms with Crippen molar-refractivity contribution in [3.8, 4) is 0 Å². The Kier molecular flexibility index (Phi) is 5.46. The molecule has 5 heteroatoms. The van der Waals surface area contributed by atoms with Crippen LogP contribution in [0.4, 0.5) is 11.4 Å². The van der Waals surface area contributed by atoms with Gasteiger partial charge >= 0.3 is 0 Å². The number of carbonyl (C=O) groups is 2. The van der Waals surface area contributed by atoms with E-state index in [4.69, 9.17) is 0 Å². The van der Waals surface area contributed by atoms with Gasteiger partial charge in [0.1, 0.15) is 0 Å². The monoisotopic (exact) mass is 337 g/mol. The molecule has 2 aromatic rings. The van der Waals surface area contributed by atoms with E-state index < -0.39 is 0 Å². The second-order valence-corrected chi connectivity index (χ2v) is 6.33. The smallest absolute Gasteiger partial charge is 0.256 e. The van der Waals surface area contributed by atoms with Crippen molar-refractivity contribution in [1.82, 2.24) is 5.32 Å². The second kappa shape index (κ2) is 7.94. The predicted octanol–water partition coefficient (Wildman–Crippen LogP) is 3.19. The van der Waals surface area contributed by atoms with Crippen LogP contribution in [0.1, 0.15) is 28.8 Å². The number of para-hydroxylation sites is 1. The zero-order valence-electron chi connectivity index (χ0n) is 14.3. The van der Waals surface area contributed by atoms with E-state index in [0.717, 1.165) is 30.6 Å². The summed E-state index contributed by atoms with van der Waals surface area (Å²) in [6.07, 6.45) is 1.91. The van der Waals surface area contributed by atoms with Crippen LogP contribution in [0.3, 0.4) is 0 Å². The van der Waals surface area contributed by atoms with E-state index in [0.29, 0.717) is 17.8 Å². The Balaban J connectivity index is 1.73. The van der Waals surface area contributed by atoms with Gasteiger partial charge in [0.25, 0.3) is 5.91 Å². The van der Waals surface area contributed by atoms with Crippen LogP contribution in [0.5, 0.6) is 0 Å². The fourth-order valence-electron chi connectivity index (χ4n) is 3.05. The van der Waals surface area contributed by atoms with E-state index in [2.05, 4.69) is 16.0 Å². The summed E-state index contributed by atoms with van der Waals surface area (Å²) in [7, 11) is 0. The number of hydrogen-bond donors (Lipinski definition) is 3. The zero-order chi connectivity index (χ0) is 17.6. The molecule has 1 atom stereocenters. The molecular formula is C20H23N3O2. The van der Waals surface area contributed by atoms with Gasteiger partial charge in [0.15, 0.2) is 0 Å². The normalized spacial score (nSPS) is 16.9. The van der Waals surface area contributed by atoms with E-state index in [9.17, 15) is 9.59 Å². The standard InChI is InChI=1S/C20H23N3O2/c1-14-17(20(25)22-16-8-3-2-4-9-16)10-5-11-18(14)23-19(24)15-7-6-12-21-13-15/h2-5,8-11,15,21H,6-7,12-13H2,1H3,(H,22,25)(H,23,24). The highest BCUT2D eigenvalue weighted by Crippen LogP contribution is 2.22. The molecule has 1 aliphatic rings. The summed E-state index contributed by atoms with van der Waals surface area (Å²) in [4.78, 5) is 25.0. The van der Waals surface area contributed by atoms with Crippen LogP contribution in [-0.2, 0) is 4.79 Å². The third kappa shape index (κ3) is 4.25. The van der Waals surface area contributed by atoms with Gasteiger partial charge in [-0.15, -0.1) is 0 Å². The molecule has 1 saturated heterocycles. The number of carbonyl (C=O) groups excluding carboxylic acids is 2. The minimum atomic E-state index is -0.181. The Morgan fingerprint density at radius 3 is 2.56 bits per heavy atom. The molecule has 0 radical (unpaired) electrons. The van der Waals surface area contributed by atoms with Crippen LogP contribution in [0.15, 0.2) is 48.5 Å². The van der Waals surface area contributed by atoms with E-state index in [-0.39, 0.29) is 17.7 Å². The molecule has 2 amide bonds. The van der Waals surface area contributed by atoms with Gasteiger partial charge in [0.05, 0.1) is 5.92 Å². The molecule has 1 unspecified atom stereocenters. The van der Waals surface area contributed by atoms with Crippen LogP contribution in [0.2, 0.25) is 0 Å². The lowest BCUT2D eigenvalue weighted by Crippen LogP contribution is -2.37. The maximum Gasteiger partial charge on any atom is 0.256 e. The SMILES string of the molecule is Cc1c(NC(=O)C2CCCNC2)cccc1C(=O)Nc1ccccc1. The van der Waals surface area contributed by atoms with E-state index in [1.165, 1.54) is 0 Å². The minimum absolute atomic E-state index is 0.0101. The topological polar surface area (TPSA) is 70.2 Å². The predicted molar refractivity (Wildman–Crippen MR) is 99.8 cm³/mol. The van der Waals surface area contributed by atoms with Crippen LogP contribution < -0.4 is 16.0 Å². The van der Waals surface area contributed by atoms with Crippen molar-refractivity contribution in [3.05, 3.63) is 59.7 Å². The van der Waals surface area contributed by atoms with Crippen molar-refractivity contribution in [2.75, 3.05) is 23.7 Å². The first-order chi connectivity index (χ1) is 12.1. The van der Waals surface area contributed by atoms with Crippen LogP contribution in [-0.4, -0.2) is 24.9 Å². The molecule has 3 rings (SSSR count). The number of benzene rings is 2. The largest absolute Gasteiger partial charge is 0.326 e. The quantitative estimate of drug-likeness (QED) is 0.802. The Morgan fingerprint density at radius 1 is 1.04 bits per heavy atom. The van der Waals surface area contributed by atoms with Crippen molar-refractivity contribution in [3.63, 3.8) is 0 Å². The Bertz CT molecular complexity index is 753. The summed E-state index contributed by atoms with van der Waals surface area (Å²) in [6, 6.07) is 14.7. The fourth-order valence-corrected chi connectivity index (χ4v) is 3.05. The van der Waals surface area contributed by atoms with Crippen molar-refractivity contribution in [2.24, 2.45) is 5.92 Å². The molecule has 0 bridgehead atoms. The van der Waals surface area contributed by atoms with Gasteiger partial charge in [-0.25, -0.2) is 0 Å². The lowest BCUT2D eigenvalue weighted by atomic mass is 9.98. The molecule has 0 aromatic heterocycles. The third-order valence-electron chi connectivity index (χ3n) is 4.54. The molecule has 3 N–H and O–H groups in total. The highest BCUT2D eigenvalue weighted by molar-refractivity contribution is 6.07. The highest BCUT2D eigenvalue weighted by atomic mass is 16.2. The summed E-state index contributed by atoms with van der Waals surface area (Å²) < 4.78 is 0. The molecular weight excluding hydrogens is 314 g/mol. The maximum atomic E-state index is 12.5. The van der Waals surface area contributed by atoms with E-state index >= 15 is 0 Å². The molecule has 0 spiro atoms. The van der Waals surface area contributed by atoms with Crippen LogP contribution in [0.25, 0.3) is 0 Å². The number of hydrogen-bond acceptors (Lipinski definition) is 3. The van der Waals surface area contributed by atoms with Crippen molar-refractivity contribution < 1.29 is 9.59 Å². The molecule has 0 aliphatic carbocycles. The first-order valence-corrected chi connectivity index (χ1v) is 8.63. The van der Waals surface area contributed by atoms with Gasteiger partial charge in [-0.2, -0.15) is 0 Å².